The maximum Gasteiger partial charge on any atom is 0.313 e. The van der Waals surface area contributed by atoms with Crippen LogP contribution in [0.2, 0.25) is 5.02 Å². The second-order valence-corrected chi connectivity index (χ2v) is 5.07. The van der Waals surface area contributed by atoms with Gasteiger partial charge >= 0.3 is 11.8 Å². The minimum Gasteiger partial charge on any atom is -0.467 e. The Morgan fingerprint density at radius 3 is 2.68 bits per heavy atom. The fourth-order valence-electron chi connectivity index (χ4n) is 1.82. The summed E-state index contributed by atoms with van der Waals surface area (Å²) in [6.45, 7) is 1.47. The van der Waals surface area contributed by atoms with E-state index in [2.05, 4.69) is 10.6 Å². The van der Waals surface area contributed by atoms with Gasteiger partial charge in [0.15, 0.2) is 0 Å². The Morgan fingerprint density at radius 1 is 1.32 bits per heavy atom. The van der Waals surface area contributed by atoms with Gasteiger partial charge < -0.3 is 20.2 Å². The molecule has 1 aromatic heterocycles. The number of carbonyl (C=O) groups is 2. The molecule has 1 unspecified atom stereocenters. The molecule has 0 spiro atoms. The molecule has 3 N–H and O–H groups in total. The molecule has 22 heavy (non-hydrogen) atoms. The number of anilines is 1. The van der Waals surface area contributed by atoms with Gasteiger partial charge in [-0.25, -0.2) is 0 Å². The molecule has 0 saturated heterocycles. The van der Waals surface area contributed by atoms with Gasteiger partial charge in [-0.05, 0) is 36.8 Å². The number of hydrogen-bond acceptors (Lipinski definition) is 4. The second kappa shape index (κ2) is 7.11. The van der Waals surface area contributed by atoms with Gasteiger partial charge in [-0.3, -0.25) is 9.59 Å². The summed E-state index contributed by atoms with van der Waals surface area (Å²) < 4.78 is 5.09. The Morgan fingerprint density at radius 2 is 2.09 bits per heavy atom. The van der Waals surface area contributed by atoms with Crippen LogP contribution in [0.25, 0.3) is 0 Å². The monoisotopic (exact) mass is 322 g/mol. The molecule has 6 nitrogen and oxygen atoms in total. The summed E-state index contributed by atoms with van der Waals surface area (Å²) in [6, 6.07) is 7.47. The molecule has 0 saturated carbocycles. The molecule has 2 aromatic rings. The van der Waals surface area contributed by atoms with Crippen molar-refractivity contribution in [2.45, 2.75) is 13.0 Å². The van der Waals surface area contributed by atoms with E-state index in [4.69, 9.17) is 16.0 Å². The van der Waals surface area contributed by atoms with E-state index in [0.717, 1.165) is 5.56 Å². The van der Waals surface area contributed by atoms with Crippen LogP contribution in [0.1, 0.15) is 17.4 Å². The van der Waals surface area contributed by atoms with E-state index in [-0.39, 0.29) is 0 Å². The number of nitrogens with one attached hydrogen (secondary N) is 2. The van der Waals surface area contributed by atoms with E-state index < -0.39 is 24.5 Å². The summed E-state index contributed by atoms with van der Waals surface area (Å²) in [4.78, 5) is 23.7. The lowest BCUT2D eigenvalue weighted by Gasteiger charge is -2.14. The third-order valence-corrected chi connectivity index (χ3v) is 3.27. The number of aliphatic hydroxyl groups is 1. The molecule has 0 bridgehead atoms. The maximum atomic E-state index is 11.9. The molecule has 1 atom stereocenters. The zero-order chi connectivity index (χ0) is 16.1. The van der Waals surface area contributed by atoms with E-state index in [1.54, 1.807) is 30.3 Å². The third kappa shape index (κ3) is 3.87. The average molecular weight is 323 g/mol. The fraction of sp³-hybridized carbons (Fsp3) is 0.200. The lowest BCUT2D eigenvalue weighted by atomic mass is 10.2. The van der Waals surface area contributed by atoms with E-state index in [1.165, 1.54) is 6.26 Å². The number of aryl methyl sites for hydroxylation is 1. The van der Waals surface area contributed by atoms with Gasteiger partial charge in [0.1, 0.15) is 11.8 Å². The van der Waals surface area contributed by atoms with Crippen molar-refractivity contribution in [3.63, 3.8) is 0 Å². The van der Waals surface area contributed by atoms with Crippen LogP contribution in [-0.4, -0.2) is 23.5 Å². The SMILES string of the molecule is Cc1ccc(NC(=O)C(=O)NC(CO)c2ccco2)c(Cl)c1. The Balaban J connectivity index is 2.01. The summed E-state index contributed by atoms with van der Waals surface area (Å²) >= 11 is 5.99. The normalized spacial score (nSPS) is 11.8. The number of carbonyl (C=O) groups excluding carboxylic acids is 2. The van der Waals surface area contributed by atoms with Gasteiger partial charge in [0.2, 0.25) is 0 Å². The van der Waals surface area contributed by atoms with E-state index in [1.807, 2.05) is 6.92 Å². The van der Waals surface area contributed by atoms with Crippen LogP contribution in [0.5, 0.6) is 0 Å². The number of furan rings is 1. The highest BCUT2D eigenvalue weighted by Crippen LogP contribution is 2.22. The lowest BCUT2D eigenvalue weighted by Crippen LogP contribution is -2.39. The largest absolute Gasteiger partial charge is 0.467 e. The molecule has 0 aliphatic carbocycles. The van der Waals surface area contributed by atoms with Crippen LogP contribution in [0.3, 0.4) is 0 Å². The minimum atomic E-state index is -0.896. The zero-order valence-corrected chi connectivity index (χ0v) is 12.6. The fourth-order valence-corrected chi connectivity index (χ4v) is 2.10. The molecule has 0 aliphatic rings. The molecule has 2 amide bonds. The van der Waals surface area contributed by atoms with Gasteiger partial charge in [0.25, 0.3) is 0 Å². The lowest BCUT2D eigenvalue weighted by molar-refractivity contribution is -0.136. The third-order valence-electron chi connectivity index (χ3n) is 2.95. The highest BCUT2D eigenvalue weighted by atomic mass is 35.5. The Hall–Kier alpha value is -2.31. The number of benzene rings is 1. The first-order valence-corrected chi connectivity index (χ1v) is 6.91. The van der Waals surface area contributed by atoms with E-state index >= 15 is 0 Å². The van der Waals surface area contributed by atoms with Gasteiger partial charge in [-0.1, -0.05) is 17.7 Å². The van der Waals surface area contributed by atoms with Crippen molar-refractivity contribution in [3.05, 3.63) is 52.9 Å². The Kier molecular flexibility index (Phi) is 5.19. The highest BCUT2D eigenvalue weighted by molar-refractivity contribution is 6.41. The van der Waals surface area contributed by atoms with Crippen LogP contribution in [0.15, 0.2) is 41.0 Å². The van der Waals surface area contributed by atoms with E-state index in [0.29, 0.717) is 16.5 Å². The minimum absolute atomic E-state index is 0.339. The number of rotatable bonds is 4. The second-order valence-electron chi connectivity index (χ2n) is 4.66. The molecule has 0 aliphatic heterocycles. The molecule has 0 fully saturated rings. The summed E-state index contributed by atoms with van der Waals surface area (Å²) in [5, 5.41) is 14.4. The first-order chi connectivity index (χ1) is 10.5. The molecule has 116 valence electrons. The van der Waals surface area contributed by atoms with E-state index in [9.17, 15) is 14.7 Å². The van der Waals surface area contributed by atoms with Crippen molar-refractivity contribution in [1.82, 2.24) is 5.32 Å². The van der Waals surface area contributed by atoms with Crippen molar-refractivity contribution >= 4 is 29.1 Å². The quantitative estimate of drug-likeness (QED) is 0.751. The summed E-state index contributed by atoms with van der Waals surface area (Å²) in [5.74, 6) is -1.42. The van der Waals surface area contributed by atoms with Crippen molar-refractivity contribution in [2.75, 3.05) is 11.9 Å². The van der Waals surface area contributed by atoms with Crippen molar-refractivity contribution in [1.29, 1.82) is 0 Å². The average Bonchev–Trinajstić information content (AvgIpc) is 3.01. The van der Waals surface area contributed by atoms with Gasteiger partial charge in [-0.15, -0.1) is 0 Å². The predicted molar refractivity (Wildman–Crippen MR) is 81.5 cm³/mol. The van der Waals surface area contributed by atoms with Crippen molar-refractivity contribution < 1.29 is 19.1 Å². The van der Waals surface area contributed by atoms with Crippen molar-refractivity contribution in [3.8, 4) is 0 Å². The Labute approximate surface area is 132 Å². The zero-order valence-electron chi connectivity index (χ0n) is 11.8. The molecule has 1 aromatic carbocycles. The molecule has 0 radical (unpaired) electrons. The van der Waals surface area contributed by atoms with Gasteiger partial charge in [0, 0.05) is 0 Å². The summed E-state index contributed by atoms with van der Waals surface area (Å²) in [7, 11) is 0. The molecule has 7 heteroatoms. The molecule has 1 heterocycles. The van der Waals surface area contributed by atoms with Gasteiger partial charge in [-0.2, -0.15) is 0 Å². The van der Waals surface area contributed by atoms with Crippen LogP contribution >= 0.6 is 11.6 Å². The molecular formula is C15H15ClN2O4. The first-order valence-electron chi connectivity index (χ1n) is 6.53. The number of amides is 2. The maximum absolute atomic E-state index is 11.9. The number of halogens is 1. The smallest absolute Gasteiger partial charge is 0.313 e. The van der Waals surface area contributed by atoms with Crippen LogP contribution < -0.4 is 10.6 Å². The van der Waals surface area contributed by atoms with Crippen LogP contribution in [0.4, 0.5) is 5.69 Å². The topological polar surface area (TPSA) is 91.6 Å². The number of aliphatic hydroxyl groups excluding tert-OH is 1. The standard InChI is InChI=1S/C15H15ClN2O4/c1-9-4-5-11(10(16)7-9)17-14(20)15(21)18-12(8-19)13-3-2-6-22-13/h2-7,12,19H,8H2,1H3,(H,17,20)(H,18,21). The summed E-state index contributed by atoms with van der Waals surface area (Å²) in [6.07, 6.45) is 1.41. The first kappa shape index (κ1) is 16.1. The Bertz CT molecular complexity index is 670. The van der Waals surface area contributed by atoms with Crippen LogP contribution in [-0.2, 0) is 9.59 Å². The van der Waals surface area contributed by atoms with Crippen molar-refractivity contribution in [2.24, 2.45) is 0 Å². The highest BCUT2D eigenvalue weighted by Gasteiger charge is 2.21. The summed E-state index contributed by atoms with van der Waals surface area (Å²) in [5.41, 5.74) is 1.27. The predicted octanol–water partition coefficient (Wildman–Crippen LogP) is 2.03. The van der Waals surface area contributed by atoms with Crippen LogP contribution in [0, 0.1) is 6.92 Å². The molecular weight excluding hydrogens is 308 g/mol. The molecule has 2 rings (SSSR count). The number of hydrogen-bond donors (Lipinski definition) is 3. The van der Waals surface area contributed by atoms with Gasteiger partial charge in [0.05, 0.1) is 23.6 Å².